The monoisotopic (exact) mass is 640 g/mol. The molecular weight excluding hydrogens is 587 g/mol. The number of hydrogen-bond donors (Lipinski definition) is 2. The molecule has 0 saturated heterocycles. The van der Waals surface area contributed by atoms with Crippen LogP contribution in [0.5, 0.6) is 11.5 Å². The normalized spacial score (nSPS) is 18.7. The first-order valence-electron chi connectivity index (χ1n) is 15.0. The van der Waals surface area contributed by atoms with Gasteiger partial charge in [-0.15, -0.1) is 0 Å². The molecule has 2 aromatic rings. The molecule has 1 fully saturated rings. The molecule has 1 aliphatic rings. The van der Waals surface area contributed by atoms with Gasteiger partial charge >= 0.3 is 0 Å². The van der Waals surface area contributed by atoms with Crippen molar-refractivity contribution in [2.24, 2.45) is 9.98 Å². The molecule has 0 amide bonds. The quantitative estimate of drug-likeness (QED) is 0.395. The van der Waals surface area contributed by atoms with E-state index in [9.17, 15) is 10.2 Å². The summed E-state index contributed by atoms with van der Waals surface area (Å²) in [6, 6.07) is 8.53. The fourth-order valence-corrected chi connectivity index (χ4v) is 5.31. The molecule has 0 heterocycles. The van der Waals surface area contributed by atoms with Gasteiger partial charge < -0.3 is 22.6 Å². The van der Waals surface area contributed by atoms with Crippen LogP contribution in [-0.4, -0.2) is 34.7 Å². The topological polar surface area (TPSA) is 65.2 Å². The third-order valence-electron chi connectivity index (χ3n) is 8.13. The van der Waals surface area contributed by atoms with Crippen molar-refractivity contribution < 1.29 is 39.4 Å². The minimum absolute atomic E-state index is 0. The summed E-state index contributed by atoms with van der Waals surface area (Å²) in [7, 11) is 0. The Balaban J connectivity index is 0.00000441. The molecule has 0 aliphatic heterocycles. The van der Waals surface area contributed by atoms with Crippen LogP contribution in [0.2, 0.25) is 0 Å². The molecule has 0 unspecified atom stereocenters. The number of aliphatic imine (C=N–C) groups is 2. The van der Waals surface area contributed by atoms with Crippen molar-refractivity contribution in [1.82, 2.24) is 0 Å². The van der Waals surface area contributed by atoms with Crippen LogP contribution in [-0.2, 0) is 38.4 Å². The van der Waals surface area contributed by atoms with E-state index in [-0.39, 0.29) is 62.9 Å². The summed E-state index contributed by atoms with van der Waals surface area (Å²) in [4.78, 5) is 10.1. The molecular formula is C36H54ClCoN2O2-. The van der Waals surface area contributed by atoms with Crippen molar-refractivity contribution in [1.29, 1.82) is 0 Å². The molecule has 3 rings (SSSR count). The molecule has 42 heavy (non-hydrogen) atoms. The van der Waals surface area contributed by atoms with Gasteiger partial charge in [0.1, 0.15) is 11.5 Å². The molecule has 4 nitrogen and oxygen atoms in total. The van der Waals surface area contributed by atoms with E-state index in [1.165, 1.54) is 11.1 Å². The second-order valence-electron chi connectivity index (χ2n) is 15.9. The number of phenolic OH excluding ortho intramolecular Hbond substituents is 2. The number of phenols is 2. The standard InChI is InChI=1S/C36H54N2O2.ClH.Co/c1-33(2,3)25-17-23(31(39)27(19-25)35(7,8)9)21-37-29-15-13-14-16-30(29)38-22-24-18-26(34(4,5)6)20-28(32(24)40)36(10,11)12;;/h17-22,29-30,39-40H,13-16H2,1-12H3;1H;/p-1/t29-,30-;;/m1../s1. The van der Waals surface area contributed by atoms with Gasteiger partial charge in [-0.05, 0) is 57.8 Å². The second-order valence-corrected chi connectivity index (χ2v) is 15.9. The van der Waals surface area contributed by atoms with Gasteiger partial charge in [-0.2, -0.15) is 0 Å². The zero-order chi connectivity index (χ0) is 30.3. The van der Waals surface area contributed by atoms with Gasteiger partial charge in [0.15, 0.2) is 0 Å². The number of aromatic hydroxyl groups is 2. The predicted octanol–water partition coefficient (Wildman–Crippen LogP) is 6.14. The molecule has 6 heteroatoms. The third-order valence-corrected chi connectivity index (χ3v) is 8.13. The van der Waals surface area contributed by atoms with Crippen molar-refractivity contribution in [3.8, 4) is 11.5 Å². The minimum Gasteiger partial charge on any atom is -1.00 e. The molecule has 237 valence electrons. The van der Waals surface area contributed by atoms with E-state index in [2.05, 4.69) is 107 Å². The molecule has 0 aromatic heterocycles. The molecule has 1 aliphatic carbocycles. The summed E-state index contributed by atoms with van der Waals surface area (Å²) in [5.41, 5.74) is 5.39. The van der Waals surface area contributed by atoms with Crippen LogP contribution in [0.4, 0.5) is 0 Å². The van der Waals surface area contributed by atoms with E-state index in [0.717, 1.165) is 47.9 Å². The summed E-state index contributed by atoms with van der Waals surface area (Å²) < 4.78 is 0. The SMILES string of the molecule is CC(C)(C)c1cc(C=N[C@@H]2CCCC[C@H]2N=Cc2cc(C(C)(C)C)cc(C(C)(C)C)c2O)c(O)c(C(C)(C)C)c1.[Cl-].[Co]. The molecule has 2 N–H and O–H groups in total. The number of rotatable bonds is 4. The molecule has 1 radical (unpaired) electrons. The Bertz CT molecular complexity index is 1170. The van der Waals surface area contributed by atoms with Crippen molar-refractivity contribution >= 4 is 12.4 Å². The summed E-state index contributed by atoms with van der Waals surface area (Å²) in [6.45, 7) is 26.0. The second kappa shape index (κ2) is 13.9. The minimum atomic E-state index is -0.179. The molecule has 0 spiro atoms. The largest absolute Gasteiger partial charge is 1.00 e. The van der Waals surface area contributed by atoms with Crippen LogP contribution >= 0.6 is 0 Å². The number of hydrogen-bond acceptors (Lipinski definition) is 4. The Morgan fingerprint density at radius 1 is 0.571 bits per heavy atom. The molecule has 2 atom stereocenters. The smallest absolute Gasteiger partial charge is 0.128 e. The average molecular weight is 641 g/mol. The van der Waals surface area contributed by atoms with Crippen molar-refractivity contribution in [3.63, 3.8) is 0 Å². The van der Waals surface area contributed by atoms with Crippen molar-refractivity contribution in [3.05, 3.63) is 57.6 Å². The number of benzene rings is 2. The van der Waals surface area contributed by atoms with E-state index in [1.54, 1.807) is 0 Å². The van der Waals surface area contributed by atoms with Crippen LogP contribution in [0.15, 0.2) is 34.3 Å². The van der Waals surface area contributed by atoms with Gasteiger partial charge in [0.2, 0.25) is 0 Å². The summed E-state index contributed by atoms with van der Waals surface area (Å²) >= 11 is 0. The molecule has 1 saturated carbocycles. The maximum Gasteiger partial charge on any atom is 0.128 e. The van der Waals surface area contributed by atoms with Crippen LogP contribution in [0.1, 0.15) is 142 Å². The third kappa shape index (κ3) is 9.34. The van der Waals surface area contributed by atoms with Crippen LogP contribution < -0.4 is 12.4 Å². The van der Waals surface area contributed by atoms with Crippen molar-refractivity contribution in [2.75, 3.05) is 0 Å². The van der Waals surface area contributed by atoms with E-state index in [1.807, 2.05) is 12.4 Å². The van der Waals surface area contributed by atoms with Crippen LogP contribution in [0.3, 0.4) is 0 Å². The van der Waals surface area contributed by atoms with Gasteiger partial charge in [-0.1, -0.05) is 108 Å². The molecule has 2 aromatic carbocycles. The fraction of sp³-hybridized carbons (Fsp3) is 0.611. The Kier molecular flexibility index (Phi) is 12.6. The summed E-state index contributed by atoms with van der Waals surface area (Å²) in [5.74, 6) is 0.637. The van der Waals surface area contributed by atoms with E-state index >= 15 is 0 Å². The van der Waals surface area contributed by atoms with Crippen LogP contribution in [0, 0.1) is 0 Å². The average Bonchev–Trinajstić information content (AvgIpc) is 2.80. The van der Waals surface area contributed by atoms with Gasteiger partial charge in [0.25, 0.3) is 0 Å². The van der Waals surface area contributed by atoms with Gasteiger partial charge in [0.05, 0.1) is 12.1 Å². The number of halogens is 1. The number of nitrogens with zero attached hydrogens (tertiary/aromatic N) is 2. The fourth-order valence-electron chi connectivity index (χ4n) is 5.31. The predicted molar refractivity (Wildman–Crippen MR) is 172 cm³/mol. The molecule has 0 bridgehead atoms. The zero-order valence-electron chi connectivity index (χ0n) is 27.9. The Hall–Kier alpha value is -1.82. The van der Waals surface area contributed by atoms with Crippen molar-refractivity contribution in [2.45, 2.75) is 143 Å². The summed E-state index contributed by atoms with van der Waals surface area (Å²) in [6.07, 6.45) is 7.90. The Morgan fingerprint density at radius 3 is 1.14 bits per heavy atom. The van der Waals surface area contributed by atoms with E-state index in [4.69, 9.17) is 9.98 Å². The van der Waals surface area contributed by atoms with E-state index < -0.39 is 0 Å². The first-order chi connectivity index (χ1) is 18.2. The van der Waals surface area contributed by atoms with Gasteiger partial charge in [-0.3, -0.25) is 9.98 Å². The maximum atomic E-state index is 11.2. The first-order valence-corrected chi connectivity index (χ1v) is 15.0. The maximum absolute atomic E-state index is 11.2. The van der Waals surface area contributed by atoms with Gasteiger partial charge in [0, 0.05) is 51.5 Å². The zero-order valence-corrected chi connectivity index (χ0v) is 29.7. The summed E-state index contributed by atoms with van der Waals surface area (Å²) in [5, 5.41) is 22.5. The van der Waals surface area contributed by atoms with E-state index in [0.29, 0.717) is 11.5 Å². The first kappa shape index (κ1) is 38.2. The Morgan fingerprint density at radius 2 is 0.881 bits per heavy atom. The van der Waals surface area contributed by atoms with Crippen LogP contribution in [0.25, 0.3) is 0 Å². The Labute approximate surface area is 272 Å². The van der Waals surface area contributed by atoms with Gasteiger partial charge in [-0.25, -0.2) is 0 Å².